The molecule has 0 aliphatic carbocycles. The van der Waals surface area contributed by atoms with E-state index in [0.29, 0.717) is 23.8 Å². The average molecular weight is 423 g/mol. The van der Waals surface area contributed by atoms with E-state index in [1.54, 1.807) is 37.3 Å². The lowest BCUT2D eigenvalue weighted by molar-refractivity contribution is -0.109. The first kappa shape index (κ1) is 21.3. The lowest BCUT2D eigenvalue weighted by atomic mass is 10.0. The first-order valence-electron chi connectivity index (χ1n) is 9.37. The first-order valence-corrected chi connectivity index (χ1v) is 10.9. The molecule has 0 spiro atoms. The van der Waals surface area contributed by atoms with Crippen molar-refractivity contribution in [2.45, 2.75) is 24.3 Å². The van der Waals surface area contributed by atoms with Crippen molar-refractivity contribution in [2.24, 2.45) is 0 Å². The van der Waals surface area contributed by atoms with E-state index < -0.39 is 22.0 Å². The van der Waals surface area contributed by atoms with Crippen LogP contribution in [0.15, 0.2) is 83.8 Å². The Labute approximate surface area is 176 Å². The summed E-state index contributed by atoms with van der Waals surface area (Å²) in [5.41, 5.74) is 2.15. The summed E-state index contributed by atoms with van der Waals surface area (Å²) >= 11 is 0. The van der Waals surface area contributed by atoms with Gasteiger partial charge in [-0.3, -0.25) is 9.52 Å². The summed E-state index contributed by atoms with van der Waals surface area (Å²) < 4.78 is 27.6. The molecule has 3 aromatic carbocycles. The zero-order valence-corrected chi connectivity index (χ0v) is 17.2. The maximum Gasteiger partial charge on any atom is 0.261 e. The van der Waals surface area contributed by atoms with E-state index >= 15 is 0 Å². The van der Waals surface area contributed by atoms with E-state index in [2.05, 4.69) is 10.0 Å². The number of anilines is 1. The molecule has 0 radical (unpaired) electrons. The Hall–Kier alpha value is -3.45. The van der Waals surface area contributed by atoms with Crippen LogP contribution in [0, 0.1) is 6.92 Å². The molecule has 0 heterocycles. The van der Waals surface area contributed by atoms with E-state index in [-0.39, 0.29) is 10.6 Å². The van der Waals surface area contributed by atoms with E-state index in [1.165, 1.54) is 18.2 Å². The molecule has 0 unspecified atom stereocenters. The van der Waals surface area contributed by atoms with Crippen molar-refractivity contribution in [1.82, 2.24) is 5.32 Å². The number of hydrogen-bond donors (Lipinski definition) is 2. The summed E-state index contributed by atoms with van der Waals surface area (Å²) in [5, 5.41) is 2.71. The number of benzene rings is 3. The van der Waals surface area contributed by atoms with Crippen LogP contribution < -0.4 is 10.0 Å². The Morgan fingerprint density at radius 3 is 2.23 bits per heavy atom. The van der Waals surface area contributed by atoms with Crippen molar-refractivity contribution >= 4 is 27.9 Å². The maximum atomic E-state index is 12.8. The predicted octanol–water partition coefficient (Wildman–Crippen LogP) is 3.34. The highest BCUT2D eigenvalue weighted by Crippen LogP contribution is 2.20. The first-order chi connectivity index (χ1) is 14.4. The van der Waals surface area contributed by atoms with Gasteiger partial charge in [0.05, 0.1) is 10.9 Å². The van der Waals surface area contributed by atoms with Gasteiger partial charge >= 0.3 is 0 Å². The van der Waals surface area contributed by atoms with E-state index in [1.807, 2.05) is 30.3 Å². The summed E-state index contributed by atoms with van der Waals surface area (Å²) in [6.45, 7) is 1.75. The number of nitrogens with one attached hydrogen (secondary N) is 2. The average Bonchev–Trinajstić information content (AvgIpc) is 2.75. The Bertz CT molecular complexity index is 1130. The van der Waals surface area contributed by atoms with Crippen LogP contribution in [-0.2, 0) is 21.2 Å². The van der Waals surface area contributed by atoms with Crippen LogP contribution in [0.4, 0.5) is 5.69 Å². The van der Waals surface area contributed by atoms with Gasteiger partial charge in [-0.2, -0.15) is 0 Å². The third-order valence-corrected chi connectivity index (χ3v) is 5.96. The molecule has 3 aromatic rings. The van der Waals surface area contributed by atoms with E-state index in [0.717, 1.165) is 5.56 Å². The fourth-order valence-electron chi connectivity index (χ4n) is 2.99. The minimum absolute atomic E-state index is 0.125. The largest absolute Gasteiger partial charge is 0.342 e. The number of amides is 1. The minimum atomic E-state index is -3.77. The molecule has 1 atom stereocenters. The van der Waals surface area contributed by atoms with Crippen molar-refractivity contribution in [2.75, 3.05) is 4.72 Å². The molecular formula is C23H22N2O4S. The normalized spacial score (nSPS) is 12.0. The maximum absolute atomic E-state index is 12.8. The predicted molar refractivity (Wildman–Crippen MR) is 116 cm³/mol. The monoisotopic (exact) mass is 422 g/mol. The van der Waals surface area contributed by atoms with Gasteiger partial charge < -0.3 is 10.1 Å². The van der Waals surface area contributed by atoms with Crippen LogP contribution in [0.5, 0.6) is 0 Å². The van der Waals surface area contributed by atoms with Gasteiger partial charge in [0, 0.05) is 11.3 Å². The highest BCUT2D eigenvalue weighted by atomic mass is 32.2. The number of sulfonamides is 1. The molecule has 7 heteroatoms. The number of carbonyl (C=O) groups is 2. The van der Waals surface area contributed by atoms with Gasteiger partial charge in [-0.05, 0) is 48.7 Å². The quantitative estimate of drug-likeness (QED) is 0.545. The number of hydrogen-bond acceptors (Lipinski definition) is 4. The molecule has 0 aliphatic heterocycles. The summed E-state index contributed by atoms with van der Waals surface area (Å²) in [7, 11) is -3.77. The lowest BCUT2D eigenvalue weighted by Crippen LogP contribution is -2.38. The number of carbonyl (C=O) groups excluding carboxylic acids is 2. The number of aryl methyl sites for hydroxylation is 1. The summed E-state index contributed by atoms with van der Waals surface area (Å²) in [6.07, 6.45) is 1.07. The topological polar surface area (TPSA) is 92.3 Å². The zero-order valence-electron chi connectivity index (χ0n) is 16.4. The molecule has 2 N–H and O–H groups in total. The molecule has 3 rings (SSSR count). The molecule has 1 amide bonds. The van der Waals surface area contributed by atoms with Crippen molar-refractivity contribution in [1.29, 1.82) is 0 Å². The van der Waals surface area contributed by atoms with Gasteiger partial charge in [0.2, 0.25) is 0 Å². The lowest BCUT2D eigenvalue weighted by Gasteiger charge is -2.15. The van der Waals surface area contributed by atoms with Gasteiger partial charge in [0.15, 0.2) is 0 Å². The Morgan fingerprint density at radius 2 is 1.60 bits per heavy atom. The third-order valence-electron chi connectivity index (χ3n) is 4.57. The van der Waals surface area contributed by atoms with E-state index in [4.69, 9.17) is 0 Å². The Morgan fingerprint density at radius 1 is 0.967 bits per heavy atom. The molecule has 6 nitrogen and oxygen atoms in total. The van der Waals surface area contributed by atoms with Crippen molar-refractivity contribution in [3.63, 3.8) is 0 Å². The summed E-state index contributed by atoms with van der Waals surface area (Å²) in [4.78, 5) is 24.4. The second kappa shape index (κ2) is 9.37. The van der Waals surface area contributed by atoms with Crippen LogP contribution in [0.25, 0.3) is 0 Å². The molecule has 30 heavy (non-hydrogen) atoms. The standard InChI is InChI=1S/C23H22N2O4S/c1-17-12-13-19(25-30(28,29)21-10-6-3-7-11-21)15-22(17)23(27)24-20(16-26)14-18-8-4-2-5-9-18/h2-13,15-16,20,25H,14H2,1H3,(H,24,27)/t20-/m0/s1. The second-order valence-electron chi connectivity index (χ2n) is 6.85. The van der Waals surface area contributed by atoms with Gasteiger partial charge in [-0.1, -0.05) is 54.6 Å². The molecule has 0 aromatic heterocycles. The van der Waals surface area contributed by atoms with Gasteiger partial charge in [-0.25, -0.2) is 8.42 Å². The fourth-order valence-corrected chi connectivity index (χ4v) is 4.06. The number of aldehydes is 1. The van der Waals surface area contributed by atoms with Gasteiger partial charge in [0.25, 0.3) is 15.9 Å². The molecule has 0 aliphatic rings. The molecule has 154 valence electrons. The van der Waals surface area contributed by atoms with Crippen molar-refractivity contribution in [3.05, 3.63) is 95.6 Å². The molecular weight excluding hydrogens is 400 g/mol. The summed E-state index contributed by atoms with van der Waals surface area (Å²) in [6, 6.07) is 21.4. The summed E-state index contributed by atoms with van der Waals surface area (Å²) in [5.74, 6) is -0.443. The fraction of sp³-hybridized carbons (Fsp3) is 0.130. The highest BCUT2D eigenvalue weighted by molar-refractivity contribution is 7.92. The minimum Gasteiger partial charge on any atom is -0.342 e. The molecule has 0 saturated heterocycles. The SMILES string of the molecule is Cc1ccc(NS(=O)(=O)c2ccccc2)cc1C(=O)N[C@H](C=O)Cc1ccccc1. The Balaban J connectivity index is 1.77. The zero-order chi connectivity index (χ0) is 21.6. The second-order valence-corrected chi connectivity index (χ2v) is 8.54. The number of rotatable bonds is 8. The van der Waals surface area contributed by atoms with Crippen molar-refractivity contribution < 1.29 is 18.0 Å². The van der Waals surface area contributed by atoms with Crippen molar-refractivity contribution in [3.8, 4) is 0 Å². The molecule has 0 fully saturated rings. The van der Waals surface area contributed by atoms with Crippen LogP contribution in [0.2, 0.25) is 0 Å². The van der Waals surface area contributed by atoms with Crippen LogP contribution in [0.3, 0.4) is 0 Å². The molecule has 0 bridgehead atoms. The third kappa shape index (κ3) is 5.33. The Kier molecular flexibility index (Phi) is 6.64. The van der Waals surface area contributed by atoms with Gasteiger partial charge in [-0.15, -0.1) is 0 Å². The highest BCUT2D eigenvalue weighted by Gasteiger charge is 2.18. The smallest absolute Gasteiger partial charge is 0.261 e. The molecule has 0 saturated carbocycles. The van der Waals surface area contributed by atoms with Crippen LogP contribution >= 0.6 is 0 Å². The van der Waals surface area contributed by atoms with Gasteiger partial charge in [0.1, 0.15) is 6.29 Å². The van der Waals surface area contributed by atoms with Crippen LogP contribution in [0.1, 0.15) is 21.5 Å². The van der Waals surface area contributed by atoms with E-state index in [9.17, 15) is 18.0 Å². The van der Waals surface area contributed by atoms with Crippen LogP contribution in [-0.4, -0.2) is 26.7 Å².